The lowest BCUT2D eigenvalue weighted by atomic mass is 10.0. The number of aliphatic hydroxyl groups is 1. The first kappa shape index (κ1) is 32.3. The van der Waals surface area contributed by atoms with E-state index in [1.807, 2.05) is 44.2 Å². The van der Waals surface area contributed by atoms with Crippen molar-refractivity contribution in [1.29, 1.82) is 0 Å². The van der Waals surface area contributed by atoms with Crippen LogP contribution in [0.4, 0.5) is 20.6 Å². The maximum atomic E-state index is 14.5. The van der Waals surface area contributed by atoms with Gasteiger partial charge in [0.2, 0.25) is 10.0 Å². The third-order valence-electron chi connectivity index (χ3n) is 7.36. The summed E-state index contributed by atoms with van der Waals surface area (Å²) >= 11 is 1.33. The number of nitrogens with two attached hydrogens (primary N) is 1. The van der Waals surface area contributed by atoms with Gasteiger partial charge in [-0.05, 0) is 54.3 Å². The lowest BCUT2D eigenvalue weighted by Crippen LogP contribution is -2.53. The summed E-state index contributed by atoms with van der Waals surface area (Å²) in [6.45, 7) is 3.26. The zero-order chi connectivity index (χ0) is 32.3. The van der Waals surface area contributed by atoms with Crippen LogP contribution < -0.4 is 16.0 Å². The van der Waals surface area contributed by atoms with Gasteiger partial charge in [-0.15, -0.1) is 11.3 Å². The largest absolute Gasteiger partial charge is 0.434 e. The number of aliphatic hydroxyl groups excluding tert-OH is 1. The Kier molecular flexibility index (Phi) is 9.68. The average molecular weight is 656 g/mol. The highest BCUT2D eigenvalue weighted by Gasteiger charge is 2.40. The number of cyclic esters (lactones) is 1. The van der Waals surface area contributed by atoms with Crippen LogP contribution in [0.2, 0.25) is 0 Å². The van der Waals surface area contributed by atoms with E-state index in [4.69, 9.17) is 10.5 Å². The molecule has 5 rings (SSSR count). The Morgan fingerprint density at radius 1 is 1.18 bits per heavy atom. The second kappa shape index (κ2) is 13.5. The number of hydrogen-bond acceptors (Lipinski definition) is 9. The van der Waals surface area contributed by atoms with E-state index in [1.54, 1.807) is 17.6 Å². The molecule has 3 aromatic carbocycles. The summed E-state index contributed by atoms with van der Waals surface area (Å²) < 4.78 is 49.4. The summed E-state index contributed by atoms with van der Waals surface area (Å²) in [7, 11) is -4.05. The molecule has 0 radical (unpaired) electrons. The molecule has 2 unspecified atom stereocenters. The Hall–Kier alpha value is -4.11. The number of fused-ring (bicyclic) bond motifs is 1. The Labute approximate surface area is 264 Å². The first-order valence-corrected chi connectivity index (χ1v) is 16.6. The predicted octanol–water partition coefficient (Wildman–Crippen LogP) is 3.78. The Bertz CT molecular complexity index is 1790. The number of thiazole rings is 1. The smallest absolute Gasteiger partial charge is 0.415 e. The van der Waals surface area contributed by atoms with Gasteiger partial charge in [0.25, 0.3) is 5.91 Å². The van der Waals surface area contributed by atoms with E-state index in [9.17, 15) is 27.5 Å². The molecule has 1 fully saturated rings. The highest BCUT2D eigenvalue weighted by Crippen LogP contribution is 2.28. The van der Waals surface area contributed by atoms with E-state index < -0.39 is 46.1 Å². The number of aromatic nitrogens is 1. The van der Waals surface area contributed by atoms with Gasteiger partial charge in [-0.25, -0.2) is 22.6 Å². The lowest BCUT2D eigenvalue weighted by Gasteiger charge is -2.31. The number of ether oxygens (including phenoxy) is 1. The number of carbonyl (C=O) groups excluding carboxylic acids is 2. The SMILES string of the molecule is CC(C)CN(C[C@@H](O)C(Cc1ccccc1)NC(=O)C1CN(c2cc(N)ccc2F)C(=O)O1)S(=O)(=O)c1ccc2ncsc2c1. The van der Waals surface area contributed by atoms with Crippen molar-refractivity contribution in [2.75, 3.05) is 30.3 Å². The first-order chi connectivity index (χ1) is 21.4. The molecule has 3 atom stereocenters. The number of amides is 2. The van der Waals surface area contributed by atoms with Crippen LogP contribution in [0.1, 0.15) is 19.4 Å². The zero-order valence-corrected chi connectivity index (χ0v) is 26.3. The summed E-state index contributed by atoms with van der Waals surface area (Å²) in [5, 5.41) is 14.3. The van der Waals surface area contributed by atoms with Crippen molar-refractivity contribution in [3.8, 4) is 0 Å². The molecule has 0 bridgehead atoms. The van der Waals surface area contributed by atoms with Gasteiger partial charge in [-0.1, -0.05) is 44.2 Å². The molecule has 2 amide bonds. The molecule has 0 saturated carbocycles. The van der Waals surface area contributed by atoms with Crippen LogP contribution in [0.15, 0.2) is 77.1 Å². The molecule has 1 saturated heterocycles. The van der Waals surface area contributed by atoms with Crippen LogP contribution in [0.3, 0.4) is 0 Å². The fourth-order valence-electron chi connectivity index (χ4n) is 5.12. The van der Waals surface area contributed by atoms with Crippen LogP contribution in [0.25, 0.3) is 10.2 Å². The van der Waals surface area contributed by atoms with Crippen molar-refractivity contribution < 1.29 is 32.2 Å². The average Bonchev–Trinajstić information content (AvgIpc) is 3.64. The van der Waals surface area contributed by atoms with E-state index in [0.29, 0.717) is 10.2 Å². The molecule has 2 heterocycles. The van der Waals surface area contributed by atoms with Crippen LogP contribution in [0, 0.1) is 11.7 Å². The van der Waals surface area contributed by atoms with Gasteiger partial charge in [-0.3, -0.25) is 9.69 Å². The van der Waals surface area contributed by atoms with Gasteiger partial charge in [-0.2, -0.15) is 4.31 Å². The van der Waals surface area contributed by atoms with E-state index >= 15 is 0 Å². The van der Waals surface area contributed by atoms with E-state index in [-0.39, 0.29) is 48.2 Å². The third-order valence-corrected chi connectivity index (χ3v) is 9.98. The molecule has 11 nitrogen and oxygen atoms in total. The van der Waals surface area contributed by atoms with E-state index in [0.717, 1.165) is 16.5 Å². The summed E-state index contributed by atoms with van der Waals surface area (Å²) in [6, 6.07) is 16.5. The highest BCUT2D eigenvalue weighted by molar-refractivity contribution is 7.89. The molecular formula is C31H34FN5O6S2. The van der Waals surface area contributed by atoms with E-state index in [1.165, 1.54) is 33.8 Å². The second-order valence-corrected chi connectivity index (χ2v) is 14.1. The molecule has 238 valence electrons. The minimum Gasteiger partial charge on any atom is -0.434 e. The van der Waals surface area contributed by atoms with Crippen LogP contribution in [-0.2, 0) is 26.0 Å². The number of nitrogens with zero attached hydrogens (tertiary/aromatic N) is 3. The van der Waals surface area contributed by atoms with Crippen molar-refractivity contribution in [2.45, 2.75) is 43.4 Å². The van der Waals surface area contributed by atoms with Crippen molar-refractivity contribution in [2.24, 2.45) is 5.92 Å². The highest BCUT2D eigenvalue weighted by atomic mass is 32.2. The van der Waals surface area contributed by atoms with Crippen molar-refractivity contribution in [3.05, 3.63) is 83.6 Å². The van der Waals surface area contributed by atoms with E-state index in [2.05, 4.69) is 10.3 Å². The minimum atomic E-state index is -4.05. The number of anilines is 2. The van der Waals surface area contributed by atoms with Crippen LogP contribution in [0.5, 0.6) is 0 Å². The molecule has 1 aliphatic rings. The second-order valence-electron chi connectivity index (χ2n) is 11.3. The summed E-state index contributed by atoms with van der Waals surface area (Å²) in [4.78, 5) is 31.3. The number of carbonyl (C=O) groups is 2. The molecule has 1 aliphatic heterocycles. The van der Waals surface area contributed by atoms with Gasteiger partial charge in [0, 0.05) is 18.8 Å². The Morgan fingerprint density at radius 3 is 2.67 bits per heavy atom. The predicted molar refractivity (Wildman–Crippen MR) is 170 cm³/mol. The topological polar surface area (TPSA) is 155 Å². The fourth-order valence-corrected chi connectivity index (χ4v) is 7.56. The normalized spacial score (nSPS) is 16.7. The van der Waals surface area contributed by atoms with Gasteiger partial charge in [0.1, 0.15) is 5.82 Å². The molecule has 4 N–H and O–H groups in total. The lowest BCUT2D eigenvalue weighted by molar-refractivity contribution is -0.129. The minimum absolute atomic E-state index is 0.0717. The number of rotatable bonds is 12. The van der Waals surface area contributed by atoms with Gasteiger partial charge in [0.15, 0.2) is 6.10 Å². The molecule has 45 heavy (non-hydrogen) atoms. The van der Waals surface area contributed by atoms with Gasteiger partial charge >= 0.3 is 6.09 Å². The first-order valence-electron chi connectivity index (χ1n) is 14.3. The standard InChI is InChI=1S/C31H34FN5O6S2/c1-19(2)15-36(45(41,42)22-9-11-24-29(14-22)44-18-34-24)16-27(38)25(12-20-6-4-3-5-7-20)35-30(39)28-17-37(31(40)43-28)26-13-21(33)8-10-23(26)32/h3-11,13-14,18-19,25,27-28,38H,12,15-17,33H2,1-2H3,(H,35,39)/t25?,27-,28?/m1/s1. The summed E-state index contributed by atoms with van der Waals surface area (Å²) in [5.41, 5.74) is 8.97. The maximum Gasteiger partial charge on any atom is 0.415 e. The summed E-state index contributed by atoms with van der Waals surface area (Å²) in [6.07, 6.45) is -3.43. The Morgan fingerprint density at radius 2 is 1.93 bits per heavy atom. The third kappa shape index (κ3) is 7.41. The number of hydrogen-bond donors (Lipinski definition) is 3. The number of benzene rings is 3. The Balaban J connectivity index is 1.37. The molecule has 14 heteroatoms. The maximum absolute atomic E-state index is 14.5. The quantitative estimate of drug-likeness (QED) is 0.195. The number of nitrogens with one attached hydrogen (secondary N) is 1. The molecule has 1 aromatic heterocycles. The zero-order valence-electron chi connectivity index (χ0n) is 24.7. The fraction of sp³-hybridized carbons (Fsp3) is 0.323. The molecule has 4 aromatic rings. The van der Waals surface area contributed by atoms with Gasteiger partial charge < -0.3 is 20.9 Å². The monoisotopic (exact) mass is 655 g/mol. The molecular weight excluding hydrogens is 622 g/mol. The summed E-state index contributed by atoms with van der Waals surface area (Å²) in [5.74, 6) is -1.50. The number of halogens is 1. The molecule has 0 aliphatic carbocycles. The van der Waals surface area contributed by atoms with Crippen molar-refractivity contribution in [1.82, 2.24) is 14.6 Å². The number of sulfonamides is 1. The number of nitrogen functional groups attached to an aromatic ring is 1. The molecule has 0 spiro atoms. The van der Waals surface area contributed by atoms with Crippen LogP contribution >= 0.6 is 11.3 Å². The van der Waals surface area contributed by atoms with Gasteiger partial charge in [0.05, 0.1) is 45.0 Å². The van der Waals surface area contributed by atoms with Crippen molar-refractivity contribution in [3.63, 3.8) is 0 Å². The van der Waals surface area contributed by atoms with Crippen molar-refractivity contribution >= 4 is 55.0 Å². The van der Waals surface area contributed by atoms with Crippen LogP contribution in [-0.4, -0.2) is 72.7 Å².